The first-order valence-electron chi connectivity index (χ1n) is 6.38. The van der Waals surface area contributed by atoms with E-state index in [9.17, 15) is 4.79 Å². The summed E-state index contributed by atoms with van der Waals surface area (Å²) in [6, 6.07) is 8.34. The summed E-state index contributed by atoms with van der Waals surface area (Å²) in [5.74, 6) is -0.876. The average molecular weight is 258 g/mol. The van der Waals surface area contributed by atoms with Crippen LogP contribution in [0.2, 0.25) is 0 Å². The fourth-order valence-corrected chi connectivity index (χ4v) is 2.30. The topological polar surface area (TPSA) is 55.1 Å². The lowest BCUT2D eigenvalue weighted by molar-refractivity contribution is -0.137. The monoisotopic (exact) mass is 258 g/mol. The number of carboxylic acids is 1. The van der Waals surface area contributed by atoms with Gasteiger partial charge in [-0.2, -0.15) is 5.10 Å². The van der Waals surface area contributed by atoms with Crippen molar-refractivity contribution in [3.8, 4) is 11.1 Å². The molecule has 100 valence electrons. The molecular formula is C15H18N2O2. The van der Waals surface area contributed by atoms with E-state index in [1.807, 2.05) is 13.8 Å². The summed E-state index contributed by atoms with van der Waals surface area (Å²) in [4.78, 5) is 10.8. The first-order valence-corrected chi connectivity index (χ1v) is 6.38. The first kappa shape index (κ1) is 13.3. The van der Waals surface area contributed by atoms with Crippen molar-refractivity contribution in [1.29, 1.82) is 0 Å². The Balaban J connectivity index is 2.43. The molecule has 0 unspecified atom stereocenters. The van der Waals surface area contributed by atoms with Crippen LogP contribution in [0.3, 0.4) is 0 Å². The lowest BCUT2D eigenvalue weighted by Crippen LogP contribution is -2.11. The molecule has 19 heavy (non-hydrogen) atoms. The van der Waals surface area contributed by atoms with Crippen molar-refractivity contribution in [2.45, 2.75) is 33.7 Å². The molecule has 0 aliphatic rings. The fraction of sp³-hybridized carbons (Fsp3) is 0.333. The van der Waals surface area contributed by atoms with Gasteiger partial charge in [-0.15, -0.1) is 0 Å². The van der Waals surface area contributed by atoms with Gasteiger partial charge in [0.15, 0.2) is 0 Å². The highest BCUT2D eigenvalue weighted by Crippen LogP contribution is 2.27. The molecule has 2 rings (SSSR count). The lowest BCUT2D eigenvalue weighted by atomic mass is 10.0. The van der Waals surface area contributed by atoms with E-state index in [4.69, 9.17) is 5.11 Å². The number of carboxylic acid groups (broad SMARTS) is 1. The second kappa shape index (κ2) is 5.26. The second-order valence-electron chi connectivity index (χ2n) is 4.65. The molecule has 0 amide bonds. The number of aromatic nitrogens is 2. The lowest BCUT2D eigenvalue weighted by Gasteiger charge is -2.04. The Labute approximate surface area is 112 Å². The van der Waals surface area contributed by atoms with Gasteiger partial charge in [-0.25, -0.2) is 0 Å². The predicted molar refractivity (Wildman–Crippen MR) is 74.2 cm³/mol. The molecule has 1 aromatic carbocycles. The summed E-state index contributed by atoms with van der Waals surface area (Å²) >= 11 is 0. The zero-order chi connectivity index (χ0) is 14.0. The molecule has 0 radical (unpaired) electrons. The van der Waals surface area contributed by atoms with E-state index < -0.39 is 5.97 Å². The highest BCUT2D eigenvalue weighted by atomic mass is 16.4. The Kier molecular flexibility index (Phi) is 3.69. The molecule has 4 heteroatoms. The number of hydrogen-bond donors (Lipinski definition) is 1. The third-order valence-electron chi connectivity index (χ3n) is 3.32. The number of rotatable bonds is 4. The van der Waals surface area contributed by atoms with E-state index in [0.29, 0.717) is 0 Å². The molecule has 0 fully saturated rings. The zero-order valence-corrected chi connectivity index (χ0v) is 11.5. The number of nitrogens with zero attached hydrogens (tertiary/aromatic N) is 2. The van der Waals surface area contributed by atoms with Crippen LogP contribution in [-0.4, -0.2) is 20.9 Å². The highest BCUT2D eigenvalue weighted by Gasteiger charge is 2.14. The summed E-state index contributed by atoms with van der Waals surface area (Å²) in [7, 11) is 0. The van der Waals surface area contributed by atoms with Gasteiger partial charge in [-0.05, 0) is 31.4 Å². The fourth-order valence-electron chi connectivity index (χ4n) is 2.30. The van der Waals surface area contributed by atoms with Crippen molar-refractivity contribution in [2.75, 3.05) is 0 Å². The van der Waals surface area contributed by atoms with Gasteiger partial charge in [0.2, 0.25) is 0 Å². The van der Waals surface area contributed by atoms with E-state index in [0.717, 1.165) is 28.9 Å². The summed E-state index contributed by atoms with van der Waals surface area (Å²) < 4.78 is 1.54. The second-order valence-corrected chi connectivity index (χ2v) is 4.65. The molecule has 0 aliphatic heterocycles. The van der Waals surface area contributed by atoms with Crippen LogP contribution in [0.5, 0.6) is 0 Å². The van der Waals surface area contributed by atoms with E-state index in [2.05, 4.69) is 36.3 Å². The van der Waals surface area contributed by atoms with Crippen molar-refractivity contribution in [3.63, 3.8) is 0 Å². The van der Waals surface area contributed by atoms with Crippen LogP contribution in [0.4, 0.5) is 0 Å². The molecule has 0 aliphatic carbocycles. The third-order valence-corrected chi connectivity index (χ3v) is 3.32. The van der Waals surface area contributed by atoms with Gasteiger partial charge in [0.05, 0.1) is 5.69 Å². The molecule has 1 heterocycles. The maximum atomic E-state index is 10.8. The number of carbonyl (C=O) groups is 1. The summed E-state index contributed by atoms with van der Waals surface area (Å²) in [6.45, 7) is 5.84. The van der Waals surface area contributed by atoms with Gasteiger partial charge < -0.3 is 5.11 Å². The molecule has 0 bridgehead atoms. The van der Waals surface area contributed by atoms with Gasteiger partial charge in [0, 0.05) is 11.3 Å². The van der Waals surface area contributed by atoms with Crippen LogP contribution in [0.1, 0.15) is 23.9 Å². The van der Waals surface area contributed by atoms with E-state index in [-0.39, 0.29) is 6.54 Å². The smallest absolute Gasteiger partial charge is 0.325 e. The molecule has 0 spiro atoms. The first-order chi connectivity index (χ1) is 9.02. The molecule has 2 aromatic rings. The molecule has 4 nitrogen and oxygen atoms in total. The Morgan fingerprint density at radius 2 is 1.89 bits per heavy atom. The normalized spacial score (nSPS) is 10.7. The molecule has 0 saturated heterocycles. The highest BCUT2D eigenvalue weighted by molar-refractivity contribution is 5.70. The van der Waals surface area contributed by atoms with Crippen molar-refractivity contribution in [3.05, 3.63) is 41.2 Å². The van der Waals surface area contributed by atoms with Crippen LogP contribution in [-0.2, 0) is 17.8 Å². The maximum Gasteiger partial charge on any atom is 0.325 e. The Hall–Kier alpha value is -2.10. The molecular weight excluding hydrogens is 240 g/mol. The Morgan fingerprint density at radius 1 is 1.26 bits per heavy atom. The summed E-state index contributed by atoms with van der Waals surface area (Å²) in [6.07, 6.45) is 1.01. The van der Waals surface area contributed by atoms with Crippen LogP contribution < -0.4 is 0 Å². The zero-order valence-electron chi connectivity index (χ0n) is 11.5. The van der Waals surface area contributed by atoms with Crippen LogP contribution in [0.15, 0.2) is 24.3 Å². The predicted octanol–water partition coefficient (Wildman–Crippen LogP) is 2.81. The van der Waals surface area contributed by atoms with Crippen molar-refractivity contribution in [2.24, 2.45) is 0 Å². The minimum Gasteiger partial charge on any atom is -0.480 e. The quantitative estimate of drug-likeness (QED) is 0.917. The van der Waals surface area contributed by atoms with Crippen LogP contribution in [0.25, 0.3) is 11.1 Å². The minimum atomic E-state index is -0.876. The van der Waals surface area contributed by atoms with Gasteiger partial charge in [0.25, 0.3) is 0 Å². The summed E-state index contributed by atoms with van der Waals surface area (Å²) in [5.41, 5.74) is 5.16. The molecule has 1 N–H and O–H groups in total. The number of benzene rings is 1. The van der Waals surface area contributed by atoms with Crippen LogP contribution >= 0.6 is 0 Å². The summed E-state index contributed by atoms with van der Waals surface area (Å²) in [5, 5.41) is 13.2. The third kappa shape index (κ3) is 2.67. The van der Waals surface area contributed by atoms with Gasteiger partial charge in [0.1, 0.15) is 6.54 Å². The molecule has 0 atom stereocenters. The van der Waals surface area contributed by atoms with E-state index in [1.54, 1.807) is 4.68 Å². The molecule has 1 aromatic heterocycles. The minimum absolute atomic E-state index is 0.0975. The van der Waals surface area contributed by atoms with Gasteiger partial charge in [-0.1, -0.05) is 31.2 Å². The largest absolute Gasteiger partial charge is 0.480 e. The Morgan fingerprint density at radius 3 is 2.42 bits per heavy atom. The van der Waals surface area contributed by atoms with Gasteiger partial charge >= 0.3 is 5.97 Å². The van der Waals surface area contributed by atoms with E-state index >= 15 is 0 Å². The van der Waals surface area contributed by atoms with Crippen molar-refractivity contribution in [1.82, 2.24) is 9.78 Å². The van der Waals surface area contributed by atoms with Crippen LogP contribution in [0, 0.1) is 13.8 Å². The molecule has 0 saturated carbocycles. The standard InChI is InChI=1S/C15H18N2O2/c1-4-12-5-7-13(8-6-12)15-10(2)16-17(11(15)3)9-14(18)19/h5-8H,4,9H2,1-3H3,(H,18,19). The van der Waals surface area contributed by atoms with E-state index in [1.165, 1.54) is 5.56 Å². The SMILES string of the molecule is CCc1ccc(-c2c(C)nn(CC(=O)O)c2C)cc1. The van der Waals surface area contributed by atoms with Crippen molar-refractivity contribution < 1.29 is 9.90 Å². The van der Waals surface area contributed by atoms with Gasteiger partial charge in [-0.3, -0.25) is 9.48 Å². The van der Waals surface area contributed by atoms with Crippen molar-refractivity contribution >= 4 is 5.97 Å². The number of aryl methyl sites for hydroxylation is 2. The Bertz CT molecular complexity index is 597. The number of aliphatic carboxylic acids is 1. The average Bonchev–Trinajstić information content (AvgIpc) is 2.64. The number of hydrogen-bond acceptors (Lipinski definition) is 2. The maximum absolute atomic E-state index is 10.8.